The molecule has 88 valence electrons. The molecule has 5 heteroatoms. The molecule has 0 aliphatic heterocycles. The Balaban J connectivity index is 2.31. The summed E-state index contributed by atoms with van der Waals surface area (Å²) in [4.78, 5) is 4.10. The van der Waals surface area contributed by atoms with E-state index in [9.17, 15) is 0 Å². The van der Waals surface area contributed by atoms with Gasteiger partial charge < -0.3 is 4.74 Å². The van der Waals surface area contributed by atoms with Crippen molar-refractivity contribution in [2.45, 2.75) is 6.92 Å². The van der Waals surface area contributed by atoms with Crippen molar-refractivity contribution >= 4 is 39.1 Å². The summed E-state index contributed by atoms with van der Waals surface area (Å²) in [6.07, 6.45) is 1.63. The maximum Gasteiger partial charge on any atom is 0.238 e. The van der Waals surface area contributed by atoms with Crippen LogP contribution in [0.15, 0.2) is 34.9 Å². The summed E-state index contributed by atoms with van der Waals surface area (Å²) in [5.74, 6) is 1.06. The number of ether oxygens (including phenoxy) is 1. The number of halogens is 3. The van der Waals surface area contributed by atoms with E-state index in [1.807, 2.05) is 13.0 Å². The highest BCUT2D eigenvalue weighted by molar-refractivity contribution is 9.10. The van der Waals surface area contributed by atoms with Crippen LogP contribution in [0.25, 0.3) is 0 Å². The topological polar surface area (TPSA) is 22.1 Å². The van der Waals surface area contributed by atoms with Crippen LogP contribution in [-0.2, 0) is 0 Å². The first-order valence-electron chi connectivity index (χ1n) is 4.81. The molecule has 0 saturated heterocycles. The van der Waals surface area contributed by atoms with Crippen molar-refractivity contribution < 1.29 is 4.74 Å². The van der Waals surface area contributed by atoms with Crippen molar-refractivity contribution in [2.24, 2.45) is 0 Å². The summed E-state index contributed by atoms with van der Waals surface area (Å²) in [5.41, 5.74) is 0.929. The summed E-state index contributed by atoms with van der Waals surface area (Å²) >= 11 is 15.2. The molecule has 2 nitrogen and oxygen atoms in total. The Bertz CT molecular complexity index is 511. The van der Waals surface area contributed by atoms with Crippen molar-refractivity contribution in [3.63, 3.8) is 0 Å². The van der Waals surface area contributed by atoms with Gasteiger partial charge in [-0.25, -0.2) is 4.98 Å². The third-order valence-electron chi connectivity index (χ3n) is 2.12. The van der Waals surface area contributed by atoms with E-state index < -0.39 is 0 Å². The molecule has 1 heterocycles. The molecule has 1 aromatic heterocycles. The van der Waals surface area contributed by atoms with Crippen molar-refractivity contribution in [1.82, 2.24) is 4.98 Å². The lowest BCUT2D eigenvalue weighted by atomic mass is 10.2. The van der Waals surface area contributed by atoms with Crippen LogP contribution in [0.1, 0.15) is 5.56 Å². The van der Waals surface area contributed by atoms with Gasteiger partial charge in [0.1, 0.15) is 10.8 Å². The largest absolute Gasteiger partial charge is 0.437 e. The van der Waals surface area contributed by atoms with E-state index in [0.717, 1.165) is 10.0 Å². The highest BCUT2D eigenvalue weighted by atomic mass is 79.9. The number of aryl methyl sites for hydroxylation is 1. The van der Waals surface area contributed by atoms with Crippen molar-refractivity contribution in [3.8, 4) is 11.6 Å². The number of hydrogen-bond donors (Lipinski definition) is 0. The number of pyridine rings is 1. The number of aromatic nitrogens is 1. The van der Waals surface area contributed by atoms with Gasteiger partial charge in [0.25, 0.3) is 0 Å². The summed E-state index contributed by atoms with van der Waals surface area (Å²) in [6.45, 7) is 1.91. The zero-order valence-electron chi connectivity index (χ0n) is 8.88. The first kappa shape index (κ1) is 12.7. The van der Waals surface area contributed by atoms with E-state index in [2.05, 4.69) is 20.9 Å². The predicted octanol–water partition coefficient (Wildman–Crippen LogP) is 5.25. The molecule has 2 rings (SSSR count). The van der Waals surface area contributed by atoms with Crippen LogP contribution < -0.4 is 4.74 Å². The average Bonchev–Trinajstić information content (AvgIpc) is 2.25. The van der Waals surface area contributed by atoms with Crippen LogP contribution in [0.2, 0.25) is 10.0 Å². The highest BCUT2D eigenvalue weighted by Gasteiger charge is 2.07. The van der Waals surface area contributed by atoms with Crippen molar-refractivity contribution in [2.75, 3.05) is 0 Å². The Hall–Kier alpha value is -0.770. The standard InChI is InChI=1S/C12H8BrCl2NO/c1-7-4-9(14)2-3-11(7)17-12-10(15)5-8(13)6-16-12/h2-6H,1H3. The predicted molar refractivity (Wildman–Crippen MR) is 73.2 cm³/mol. The third-order valence-corrected chi connectivity index (χ3v) is 3.06. The van der Waals surface area contributed by atoms with Gasteiger partial charge in [-0.15, -0.1) is 0 Å². The lowest BCUT2D eigenvalue weighted by molar-refractivity contribution is 0.459. The van der Waals surface area contributed by atoms with E-state index in [1.54, 1.807) is 24.4 Å². The molecule has 0 bridgehead atoms. The average molecular weight is 333 g/mol. The SMILES string of the molecule is Cc1cc(Cl)ccc1Oc1ncc(Br)cc1Cl. The molecule has 0 fully saturated rings. The Morgan fingerprint density at radius 2 is 2.00 bits per heavy atom. The molecule has 0 radical (unpaired) electrons. The number of hydrogen-bond acceptors (Lipinski definition) is 2. The molecule has 0 saturated carbocycles. The number of rotatable bonds is 2. The van der Waals surface area contributed by atoms with Gasteiger partial charge in [-0.05, 0) is 52.7 Å². The molecule has 0 spiro atoms. The molecule has 17 heavy (non-hydrogen) atoms. The fraction of sp³-hybridized carbons (Fsp3) is 0.0833. The second kappa shape index (κ2) is 5.25. The van der Waals surface area contributed by atoms with Gasteiger partial charge in [0, 0.05) is 15.7 Å². The van der Waals surface area contributed by atoms with Gasteiger partial charge in [0.05, 0.1) is 0 Å². The minimum Gasteiger partial charge on any atom is -0.437 e. The molecule has 0 aliphatic carbocycles. The Morgan fingerprint density at radius 3 is 2.65 bits per heavy atom. The maximum atomic E-state index is 6.02. The Labute approximate surface area is 118 Å². The molecule has 1 aromatic carbocycles. The van der Waals surface area contributed by atoms with Gasteiger partial charge >= 0.3 is 0 Å². The summed E-state index contributed by atoms with van der Waals surface area (Å²) in [6, 6.07) is 7.10. The molecule has 0 N–H and O–H groups in total. The number of benzene rings is 1. The van der Waals surface area contributed by atoms with E-state index >= 15 is 0 Å². The van der Waals surface area contributed by atoms with Crippen LogP contribution in [0, 0.1) is 6.92 Å². The third kappa shape index (κ3) is 3.12. The van der Waals surface area contributed by atoms with Crippen LogP contribution in [0.5, 0.6) is 11.6 Å². The van der Waals surface area contributed by atoms with E-state index in [4.69, 9.17) is 27.9 Å². The van der Waals surface area contributed by atoms with Gasteiger partial charge in [0.15, 0.2) is 0 Å². The van der Waals surface area contributed by atoms with E-state index in [-0.39, 0.29) is 0 Å². The molecular weight excluding hydrogens is 325 g/mol. The lowest BCUT2D eigenvalue weighted by Gasteiger charge is -2.09. The van der Waals surface area contributed by atoms with Crippen LogP contribution in [-0.4, -0.2) is 4.98 Å². The van der Waals surface area contributed by atoms with E-state index in [0.29, 0.717) is 21.7 Å². The van der Waals surface area contributed by atoms with Crippen molar-refractivity contribution in [3.05, 3.63) is 50.5 Å². The summed E-state index contributed by atoms with van der Waals surface area (Å²) < 4.78 is 6.44. The zero-order valence-corrected chi connectivity index (χ0v) is 12.0. The molecule has 2 aromatic rings. The first-order valence-corrected chi connectivity index (χ1v) is 6.36. The summed E-state index contributed by atoms with van der Waals surface area (Å²) in [7, 11) is 0. The van der Waals surface area contributed by atoms with Crippen molar-refractivity contribution in [1.29, 1.82) is 0 Å². The normalized spacial score (nSPS) is 10.4. The first-order chi connectivity index (χ1) is 8.06. The fourth-order valence-electron chi connectivity index (χ4n) is 1.31. The number of nitrogens with zero attached hydrogens (tertiary/aromatic N) is 1. The second-order valence-corrected chi connectivity index (χ2v) is 5.21. The van der Waals surface area contributed by atoms with Gasteiger partial charge in [-0.2, -0.15) is 0 Å². The molecule has 0 unspecified atom stereocenters. The minimum atomic E-state index is 0.375. The summed E-state index contributed by atoms with van der Waals surface area (Å²) in [5, 5.41) is 1.12. The Morgan fingerprint density at radius 1 is 1.24 bits per heavy atom. The lowest BCUT2D eigenvalue weighted by Crippen LogP contribution is -1.91. The maximum absolute atomic E-state index is 6.02. The molecule has 0 amide bonds. The van der Waals surface area contributed by atoms with Gasteiger partial charge in [-0.3, -0.25) is 0 Å². The van der Waals surface area contributed by atoms with Crippen LogP contribution in [0.3, 0.4) is 0 Å². The second-order valence-electron chi connectivity index (χ2n) is 3.45. The van der Waals surface area contributed by atoms with Crippen LogP contribution >= 0.6 is 39.1 Å². The molecule has 0 atom stereocenters. The van der Waals surface area contributed by atoms with E-state index in [1.165, 1.54) is 0 Å². The van der Waals surface area contributed by atoms with Gasteiger partial charge in [-0.1, -0.05) is 23.2 Å². The zero-order chi connectivity index (χ0) is 12.4. The van der Waals surface area contributed by atoms with Crippen LogP contribution in [0.4, 0.5) is 0 Å². The smallest absolute Gasteiger partial charge is 0.238 e. The monoisotopic (exact) mass is 331 g/mol. The Kier molecular flexibility index (Phi) is 3.92. The molecule has 0 aliphatic rings. The minimum absolute atomic E-state index is 0.375. The van der Waals surface area contributed by atoms with Gasteiger partial charge in [0.2, 0.25) is 5.88 Å². The molecular formula is C12H8BrCl2NO. The highest BCUT2D eigenvalue weighted by Crippen LogP contribution is 2.31. The fourth-order valence-corrected chi connectivity index (χ4v) is 2.20. The quantitative estimate of drug-likeness (QED) is 0.749.